The van der Waals surface area contributed by atoms with Gasteiger partial charge in [0.2, 0.25) is 0 Å². The highest BCUT2D eigenvalue weighted by Gasteiger charge is 2.31. The Morgan fingerprint density at radius 3 is 2.08 bits per heavy atom. The zero-order valence-electron chi connectivity index (χ0n) is 8.32. The van der Waals surface area contributed by atoms with Gasteiger partial charge in [0.1, 0.15) is 6.10 Å². The Labute approximate surface area is 74.4 Å². The topological polar surface area (TPSA) is 49.7 Å². The fourth-order valence-corrected chi connectivity index (χ4v) is 1.29. The van der Waals surface area contributed by atoms with E-state index in [1.807, 2.05) is 20.8 Å². The molecule has 0 spiro atoms. The molecular formula is C9H20O3. The van der Waals surface area contributed by atoms with Gasteiger partial charge in [-0.05, 0) is 13.8 Å². The Hall–Kier alpha value is -0.120. The molecule has 74 valence electrons. The summed E-state index contributed by atoms with van der Waals surface area (Å²) in [6.45, 7) is 7.66. The van der Waals surface area contributed by atoms with Gasteiger partial charge in [0.05, 0.1) is 18.3 Å². The quantitative estimate of drug-likeness (QED) is 0.577. The van der Waals surface area contributed by atoms with Crippen LogP contribution in [0.2, 0.25) is 0 Å². The van der Waals surface area contributed by atoms with Crippen molar-refractivity contribution in [2.45, 2.75) is 58.5 Å². The summed E-state index contributed by atoms with van der Waals surface area (Å²) in [5.41, 5.74) is 0. The SMILES string of the molecule is CC.C[C@@H]1O[C@@H](C)C[C@H](O)[C@H]1O. The molecule has 1 aliphatic rings. The molecule has 12 heavy (non-hydrogen) atoms. The van der Waals surface area contributed by atoms with Crippen molar-refractivity contribution in [2.75, 3.05) is 0 Å². The van der Waals surface area contributed by atoms with Crippen LogP contribution in [-0.4, -0.2) is 34.6 Å². The van der Waals surface area contributed by atoms with E-state index >= 15 is 0 Å². The zero-order valence-corrected chi connectivity index (χ0v) is 8.32. The summed E-state index contributed by atoms with van der Waals surface area (Å²) in [4.78, 5) is 0. The smallest absolute Gasteiger partial charge is 0.106 e. The van der Waals surface area contributed by atoms with E-state index in [1.165, 1.54) is 0 Å². The molecule has 3 heteroatoms. The molecule has 0 amide bonds. The average Bonchev–Trinajstić information content (AvgIpc) is 2.04. The fraction of sp³-hybridized carbons (Fsp3) is 1.00. The van der Waals surface area contributed by atoms with Gasteiger partial charge < -0.3 is 14.9 Å². The van der Waals surface area contributed by atoms with E-state index in [0.717, 1.165) is 0 Å². The van der Waals surface area contributed by atoms with Gasteiger partial charge in [-0.1, -0.05) is 13.8 Å². The summed E-state index contributed by atoms with van der Waals surface area (Å²) >= 11 is 0. The Morgan fingerprint density at radius 1 is 1.17 bits per heavy atom. The molecule has 0 saturated carbocycles. The Morgan fingerprint density at radius 2 is 1.67 bits per heavy atom. The van der Waals surface area contributed by atoms with Crippen molar-refractivity contribution in [3.05, 3.63) is 0 Å². The number of rotatable bonds is 0. The molecule has 0 bridgehead atoms. The molecule has 0 aromatic heterocycles. The first-order valence-corrected chi connectivity index (χ1v) is 4.63. The lowest BCUT2D eigenvalue weighted by atomic mass is 10.00. The first-order valence-electron chi connectivity index (χ1n) is 4.63. The van der Waals surface area contributed by atoms with Crippen LogP contribution >= 0.6 is 0 Å². The van der Waals surface area contributed by atoms with Gasteiger partial charge in [-0.2, -0.15) is 0 Å². The van der Waals surface area contributed by atoms with Crippen molar-refractivity contribution in [3.8, 4) is 0 Å². The van der Waals surface area contributed by atoms with Crippen molar-refractivity contribution in [3.63, 3.8) is 0 Å². The normalized spacial score (nSPS) is 41.5. The van der Waals surface area contributed by atoms with Gasteiger partial charge in [0.15, 0.2) is 0 Å². The van der Waals surface area contributed by atoms with E-state index in [9.17, 15) is 10.2 Å². The number of hydrogen-bond acceptors (Lipinski definition) is 3. The van der Waals surface area contributed by atoms with E-state index in [-0.39, 0.29) is 12.2 Å². The minimum absolute atomic E-state index is 0.0633. The van der Waals surface area contributed by atoms with Gasteiger partial charge in [-0.3, -0.25) is 0 Å². The second kappa shape index (κ2) is 5.51. The third kappa shape index (κ3) is 3.09. The molecule has 3 nitrogen and oxygen atoms in total. The monoisotopic (exact) mass is 176 g/mol. The number of aliphatic hydroxyl groups excluding tert-OH is 2. The van der Waals surface area contributed by atoms with E-state index in [1.54, 1.807) is 6.92 Å². The Kier molecular flexibility index (Phi) is 5.46. The van der Waals surface area contributed by atoms with Gasteiger partial charge in [-0.15, -0.1) is 0 Å². The highest BCUT2D eigenvalue weighted by atomic mass is 16.5. The van der Waals surface area contributed by atoms with Crippen molar-refractivity contribution in [2.24, 2.45) is 0 Å². The second-order valence-electron chi connectivity index (χ2n) is 2.95. The Bertz CT molecular complexity index is 104. The lowest BCUT2D eigenvalue weighted by molar-refractivity contribution is -0.156. The fourth-order valence-electron chi connectivity index (χ4n) is 1.29. The first-order chi connectivity index (χ1) is 5.61. The third-order valence-corrected chi connectivity index (χ3v) is 1.90. The maximum atomic E-state index is 9.19. The van der Waals surface area contributed by atoms with Gasteiger partial charge in [-0.25, -0.2) is 0 Å². The molecule has 0 unspecified atom stereocenters. The van der Waals surface area contributed by atoms with Crippen LogP contribution < -0.4 is 0 Å². The third-order valence-electron chi connectivity index (χ3n) is 1.90. The van der Waals surface area contributed by atoms with E-state index in [2.05, 4.69) is 0 Å². The molecule has 0 radical (unpaired) electrons. The van der Waals surface area contributed by atoms with Crippen LogP contribution in [0, 0.1) is 0 Å². The average molecular weight is 176 g/mol. The molecular weight excluding hydrogens is 156 g/mol. The molecule has 0 aromatic carbocycles. The van der Waals surface area contributed by atoms with Crippen molar-refractivity contribution >= 4 is 0 Å². The van der Waals surface area contributed by atoms with Crippen molar-refractivity contribution in [1.82, 2.24) is 0 Å². The molecule has 1 rings (SSSR count). The predicted octanol–water partition coefficient (Wildman–Crippen LogP) is 0.932. The number of hydrogen-bond donors (Lipinski definition) is 2. The molecule has 4 atom stereocenters. The van der Waals surface area contributed by atoms with Gasteiger partial charge in [0, 0.05) is 6.42 Å². The van der Waals surface area contributed by atoms with E-state index in [0.29, 0.717) is 6.42 Å². The zero-order chi connectivity index (χ0) is 9.72. The predicted molar refractivity (Wildman–Crippen MR) is 48.0 cm³/mol. The number of ether oxygens (including phenoxy) is 1. The van der Waals surface area contributed by atoms with Crippen LogP contribution in [0.3, 0.4) is 0 Å². The van der Waals surface area contributed by atoms with Gasteiger partial charge >= 0.3 is 0 Å². The summed E-state index contributed by atoms with van der Waals surface area (Å²) in [5, 5.41) is 18.4. The standard InChI is InChI=1S/C7H14O3.C2H6/c1-4-3-6(8)7(9)5(2)10-4;1-2/h4-9H,3H2,1-2H3;1-2H3/t4-,5-,6-,7-;/m0./s1. The van der Waals surface area contributed by atoms with Crippen LogP contribution in [0.15, 0.2) is 0 Å². The summed E-state index contributed by atoms with van der Waals surface area (Å²) in [6, 6.07) is 0. The van der Waals surface area contributed by atoms with E-state index in [4.69, 9.17) is 4.74 Å². The molecule has 1 heterocycles. The maximum Gasteiger partial charge on any atom is 0.106 e. The number of aliphatic hydroxyl groups is 2. The van der Waals surface area contributed by atoms with Crippen LogP contribution in [0.1, 0.15) is 34.1 Å². The van der Waals surface area contributed by atoms with Crippen LogP contribution in [0.5, 0.6) is 0 Å². The first kappa shape index (κ1) is 11.9. The highest BCUT2D eigenvalue weighted by Crippen LogP contribution is 2.19. The van der Waals surface area contributed by atoms with Crippen LogP contribution in [-0.2, 0) is 4.74 Å². The minimum atomic E-state index is -0.712. The molecule has 0 aromatic rings. The highest BCUT2D eigenvalue weighted by molar-refractivity contribution is 4.80. The second-order valence-corrected chi connectivity index (χ2v) is 2.95. The molecule has 0 aliphatic carbocycles. The summed E-state index contributed by atoms with van der Waals surface area (Å²) in [5.74, 6) is 0. The summed E-state index contributed by atoms with van der Waals surface area (Å²) < 4.78 is 5.26. The van der Waals surface area contributed by atoms with Crippen molar-refractivity contribution < 1.29 is 14.9 Å². The van der Waals surface area contributed by atoms with Gasteiger partial charge in [0.25, 0.3) is 0 Å². The lowest BCUT2D eigenvalue weighted by Gasteiger charge is -2.33. The molecule has 1 aliphatic heterocycles. The summed E-state index contributed by atoms with van der Waals surface area (Å²) in [7, 11) is 0. The van der Waals surface area contributed by atoms with Crippen molar-refractivity contribution in [1.29, 1.82) is 0 Å². The Balaban J connectivity index is 0.000000561. The van der Waals surface area contributed by atoms with Crippen LogP contribution in [0.25, 0.3) is 0 Å². The minimum Gasteiger partial charge on any atom is -0.390 e. The molecule has 2 N–H and O–H groups in total. The lowest BCUT2D eigenvalue weighted by Crippen LogP contribution is -2.45. The molecule has 1 fully saturated rings. The van der Waals surface area contributed by atoms with Crippen LogP contribution in [0.4, 0.5) is 0 Å². The van der Waals surface area contributed by atoms with E-state index < -0.39 is 12.2 Å². The molecule has 1 saturated heterocycles. The largest absolute Gasteiger partial charge is 0.390 e. The maximum absolute atomic E-state index is 9.19. The summed E-state index contributed by atoms with van der Waals surface area (Å²) in [6.07, 6.45) is -0.965.